The van der Waals surface area contributed by atoms with Crippen molar-refractivity contribution in [2.75, 3.05) is 11.5 Å². The molecule has 3 unspecified atom stereocenters. The Hall–Kier alpha value is -1.62. The first kappa shape index (κ1) is 10.5. The molecule has 1 aromatic rings. The largest absolute Gasteiger partial charge is 0.480 e. The second-order valence-electron chi connectivity index (χ2n) is 4.43. The van der Waals surface area contributed by atoms with Gasteiger partial charge in [-0.05, 0) is 24.6 Å². The van der Waals surface area contributed by atoms with E-state index in [-0.39, 0.29) is 18.0 Å². The molecule has 1 N–H and O–H groups in total. The van der Waals surface area contributed by atoms with Crippen molar-refractivity contribution in [3.8, 4) is 0 Å². The normalized spacial score (nSPS) is 30.9. The number of hydrogen-bond donors (Lipinski definition) is 1. The maximum Gasteiger partial charge on any atom is 0.329 e. The third kappa shape index (κ3) is 1.58. The predicted octanol–water partition coefficient (Wildman–Crippen LogP) is 1.26. The minimum Gasteiger partial charge on any atom is -0.480 e. The van der Waals surface area contributed by atoms with E-state index in [0.717, 1.165) is 0 Å². The van der Waals surface area contributed by atoms with Crippen LogP contribution in [0.1, 0.15) is 6.42 Å². The Morgan fingerprint density at radius 1 is 1.53 bits per heavy atom. The number of morpholine rings is 1. The maximum atomic E-state index is 13.2. The highest BCUT2D eigenvalue weighted by atomic mass is 19.1. The smallest absolute Gasteiger partial charge is 0.329 e. The molecule has 0 aromatic heterocycles. The van der Waals surface area contributed by atoms with Crippen molar-refractivity contribution in [1.82, 2.24) is 0 Å². The van der Waals surface area contributed by atoms with Crippen LogP contribution in [0.2, 0.25) is 0 Å². The fraction of sp³-hybridized carbons (Fsp3) is 0.417. The number of benzene rings is 1. The Morgan fingerprint density at radius 3 is 3.06 bits per heavy atom. The van der Waals surface area contributed by atoms with Gasteiger partial charge in [-0.2, -0.15) is 0 Å². The average Bonchev–Trinajstić information content (AvgIpc) is 2.88. The van der Waals surface area contributed by atoms with Crippen molar-refractivity contribution in [2.45, 2.75) is 24.6 Å². The molecule has 90 valence electrons. The average molecular weight is 237 g/mol. The monoisotopic (exact) mass is 237 g/mol. The predicted molar refractivity (Wildman–Crippen MR) is 58.4 cm³/mol. The highest BCUT2D eigenvalue weighted by Gasteiger charge is 2.50. The summed E-state index contributed by atoms with van der Waals surface area (Å²) in [6.45, 7) is 0.519. The molecule has 3 atom stereocenters. The van der Waals surface area contributed by atoms with Crippen molar-refractivity contribution in [1.29, 1.82) is 0 Å². The number of nitrogens with zero attached hydrogens (tertiary/aromatic N) is 1. The van der Waals surface area contributed by atoms with Crippen molar-refractivity contribution in [3.63, 3.8) is 0 Å². The Kier molecular flexibility index (Phi) is 2.29. The van der Waals surface area contributed by atoms with Crippen molar-refractivity contribution in [3.05, 3.63) is 30.1 Å². The number of anilines is 1. The van der Waals surface area contributed by atoms with Crippen molar-refractivity contribution >= 4 is 11.7 Å². The van der Waals surface area contributed by atoms with Gasteiger partial charge in [0.1, 0.15) is 5.82 Å². The van der Waals surface area contributed by atoms with Crippen LogP contribution in [0.15, 0.2) is 24.3 Å². The number of ether oxygens (including phenoxy) is 1. The Balaban J connectivity index is 1.98. The van der Waals surface area contributed by atoms with E-state index < -0.39 is 12.0 Å². The number of carbonyl (C=O) groups is 1. The Morgan fingerprint density at radius 2 is 2.35 bits per heavy atom. The second-order valence-corrected chi connectivity index (χ2v) is 4.43. The standard InChI is InChI=1S/C12H12FNO3/c13-7-2-1-3-8(4-7)14-9-5-10(17-6-9)11(14)12(15)16/h1-4,9-11H,5-6H2,(H,15,16). The fourth-order valence-electron chi connectivity index (χ4n) is 2.75. The van der Waals surface area contributed by atoms with Gasteiger partial charge >= 0.3 is 5.97 Å². The molecule has 0 saturated carbocycles. The zero-order valence-electron chi connectivity index (χ0n) is 9.04. The van der Waals surface area contributed by atoms with Crippen LogP contribution in [-0.4, -0.2) is 35.9 Å². The lowest BCUT2D eigenvalue weighted by molar-refractivity contribution is -0.141. The van der Waals surface area contributed by atoms with Crippen LogP contribution in [0.3, 0.4) is 0 Å². The number of carboxylic acid groups (broad SMARTS) is 1. The highest BCUT2D eigenvalue weighted by molar-refractivity contribution is 5.80. The van der Waals surface area contributed by atoms with E-state index >= 15 is 0 Å². The third-order valence-electron chi connectivity index (χ3n) is 3.41. The van der Waals surface area contributed by atoms with Gasteiger partial charge in [0, 0.05) is 5.69 Å². The molecule has 3 rings (SSSR count). The van der Waals surface area contributed by atoms with E-state index in [1.54, 1.807) is 17.0 Å². The summed E-state index contributed by atoms with van der Waals surface area (Å²) in [7, 11) is 0. The molecule has 1 aromatic carbocycles. The summed E-state index contributed by atoms with van der Waals surface area (Å²) in [6, 6.07) is 5.40. The third-order valence-corrected chi connectivity index (χ3v) is 3.41. The number of rotatable bonds is 2. The highest BCUT2D eigenvalue weighted by Crippen LogP contribution is 2.37. The molecule has 0 amide bonds. The molecule has 2 aliphatic rings. The van der Waals surface area contributed by atoms with Crippen LogP contribution < -0.4 is 4.90 Å². The summed E-state index contributed by atoms with van der Waals surface area (Å²) in [4.78, 5) is 13.0. The van der Waals surface area contributed by atoms with Crippen molar-refractivity contribution in [2.24, 2.45) is 0 Å². The summed E-state index contributed by atoms with van der Waals surface area (Å²) in [6.07, 6.45) is 0.425. The molecule has 0 radical (unpaired) electrons. The molecule has 2 saturated heterocycles. The molecule has 2 heterocycles. The Bertz CT molecular complexity index is 465. The number of aliphatic carboxylic acids is 1. The van der Waals surface area contributed by atoms with Gasteiger partial charge in [0.05, 0.1) is 18.8 Å². The molecular formula is C12H12FNO3. The van der Waals surface area contributed by atoms with E-state index in [1.165, 1.54) is 12.1 Å². The van der Waals surface area contributed by atoms with E-state index in [2.05, 4.69) is 0 Å². The number of hydrogen-bond acceptors (Lipinski definition) is 3. The van der Waals surface area contributed by atoms with E-state index in [9.17, 15) is 14.3 Å². The molecule has 0 aliphatic carbocycles. The van der Waals surface area contributed by atoms with Gasteiger partial charge in [-0.3, -0.25) is 0 Å². The summed E-state index contributed by atoms with van der Waals surface area (Å²) >= 11 is 0. The molecule has 0 spiro atoms. The van der Waals surface area contributed by atoms with Crippen LogP contribution in [0, 0.1) is 5.82 Å². The Labute approximate surface area is 97.6 Å². The quantitative estimate of drug-likeness (QED) is 0.841. The van der Waals surface area contributed by atoms with Gasteiger partial charge < -0.3 is 14.7 Å². The maximum absolute atomic E-state index is 13.2. The van der Waals surface area contributed by atoms with Crippen LogP contribution >= 0.6 is 0 Å². The van der Waals surface area contributed by atoms with Gasteiger partial charge in [0.15, 0.2) is 6.04 Å². The zero-order chi connectivity index (χ0) is 12.0. The van der Waals surface area contributed by atoms with Crippen LogP contribution in [-0.2, 0) is 9.53 Å². The number of fused-ring (bicyclic) bond motifs is 2. The van der Waals surface area contributed by atoms with Gasteiger partial charge in [-0.15, -0.1) is 0 Å². The topological polar surface area (TPSA) is 49.8 Å². The fourth-order valence-corrected chi connectivity index (χ4v) is 2.75. The first-order valence-corrected chi connectivity index (χ1v) is 5.55. The summed E-state index contributed by atoms with van der Waals surface area (Å²) < 4.78 is 18.6. The first-order valence-electron chi connectivity index (χ1n) is 5.55. The van der Waals surface area contributed by atoms with Crippen LogP contribution in [0.4, 0.5) is 10.1 Å². The molecule has 5 heteroatoms. The molecule has 2 aliphatic heterocycles. The van der Waals surface area contributed by atoms with Crippen LogP contribution in [0.25, 0.3) is 0 Å². The molecular weight excluding hydrogens is 225 g/mol. The van der Waals surface area contributed by atoms with E-state index in [0.29, 0.717) is 18.7 Å². The van der Waals surface area contributed by atoms with E-state index in [1.807, 2.05) is 0 Å². The van der Waals surface area contributed by atoms with E-state index in [4.69, 9.17) is 4.74 Å². The van der Waals surface area contributed by atoms with Gasteiger partial charge in [0.25, 0.3) is 0 Å². The summed E-state index contributed by atoms with van der Waals surface area (Å²) in [5.41, 5.74) is 0.619. The SMILES string of the molecule is O=C(O)C1C2CC(CO2)N1c1cccc(F)c1. The minimum atomic E-state index is -0.915. The van der Waals surface area contributed by atoms with Gasteiger partial charge in [-0.1, -0.05) is 6.07 Å². The van der Waals surface area contributed by atoms with Crippen molar-refractivity contribution < 1.29 is 19.0 Å². The molecule has 2 fully saturated rings. The lowest BCUT2D eigenvalue weighted by atomic mass is 10.1. The lowest BCUT2D eigenvalue weighted by Crippen LogP contribution is -2.50. The number of halogens is 1. The second kappa shape index (κ2) is 3.70. The van der Waals surface area contributed by atoms with Crippen LogP contribution in [0.5, 0.6) is 0 Å². The summed E-state index contributed by atoms with van der Waals surface area (Å²) in [5, 5.41) is 9.22. The summed E-state index contributed by atoms with van der Waals surface area (Å²) in [5.74, 6) is -1.27. The first-order chi connectivity index (χ1) is 8.16. The minimum absolute atomic E-state index is 0.0444. The molecule has 17 heavy (non-hydrogen) atoms. The van der Waals surface area contributed by atoms with Gasteiger partial charge in [-0.25, -0.2) is 9.18 Å². The number of carboxylic acids is 1. The van der Waals surface area contributed by atoms with Gasteiger partial charge in [0.2, 0.25) is 0 Å². The molecule has 2 bridgehead atoms. The zero-order valence-corrected chi connectivity index (χ0v) is 9.04. The molecule has 4 nitrogen and oxygen atoms in total. The lowest BCUT2D eigenvalue weighted by Gasteiger charge is -2.34.